The van der Waals surface area contributed by atoms with Gasteiger partial charge in [-0.15, -0.1) is 0 Å². The largest absolute Gasteiger partial charge is 0.376 e. The van der Waals surface area contributed by atoms with Crippen molar-refractivity contribution in [2.24, 2.45) is 17.6 Å². The van der Waals surface area contributed by atoms with E-state index < -0.39 is 23.5 Å². The molecule has 1 unspecified atom stereocenters. The van der Waals surface area contributed by atoms with Crippen LogP contribution in [0.25, 0.3) is 0 Å². The van der Waals surface area contributed by atoms with Gasteiger partial charge in [0.15, 0.2) is 0 Å². The van der Waals surface area contributed by atoms with Gasteiger partial charge in [-0.05, 0) is 24.3 Å². The van der Waals surface area contributed by atoms with E-state index in [1.54, 1.807) is 0 Å². The third kappa shape index (κ3) is 6.72. The number of carbonyl (C=O) groups excluding carboxylic acids is 3. The summed E-state index contributed by atoms with van der Waals surface area (Å²) in [5.41, 5.74) is 6.83. The fraction of sp³-hybridized carbons (Fsp3) is 0.526. The maximum atomic E-state index is 12.4. The number of nitrogens with two attached hydrogens (primary N) is 1. The van der Waals surface area contributed by atoms with E-state index in [4.69, 9.17) is 10.5 Å². The Bertz CT molecular complexity index is 554. The molecule has 2 N–H and O–H groups in total. The fourth-order valence-electron chi connectivity index (χ4n) is 2.62. The molecule has 2 atom stereocenters. The smallest absolute Gasteiger partial charge is 0.224 e. The number of carbonyl (C=O) groups is 3. The van der Waals surface area contributed by atoms with Crippen LogP contribution in [0, 0.1) is 11.8 Å². The van der Waals surface area contributed by atoms with Crippen LogP contribution in [0.2, 0.25) is 0 Å². The van der Waals surface area contributed by atoms with Gasteiger partial charge in [-0.25, -0.2) is 0 Å². The van der Waals surface area contributed by atoms with Gasteiger partial charge in [0.2, 0.25) is 11.6 Å². The van der Waals surface area contributed by atoms with E-state index in [1.165, 1.54) is 7.11 Å². The minimum Gasteiger partial charge on any atom is -0.376 e. The summed E-state index contributed by atoms with van der Waals surface area (Å²) in [5, 5.41) is 0. The van der Waals surface area contributed by atoms with E-state index in [2.05, 4.69) is 0 Å². The maximum Gasteiger partial charge on any atom is 0.224 e. The molecule has 0 radical (unpaired) electrons. The summed E-state index contributed by atoms with van der Waals surface area (Å²) in [6, 6.07) is 8.74. The number of Topliss-reactive ketones (excluding diaryl/α,β-unsaturated/α-hetero) is 3. The first kappa shape index (κ1) is 20.2. The Morgan fingerprint density at radius 2 is 1.75 bits per heavy atom. The second-order valence-electron chi connectivity index (χ2n) is 6.51. The van der Waals surface area contributed by atoms with Crippen LogP contribution in [0.1, 0.15) is 32.3 Å². The van der Waals surface area contributed by atoms with Crippen LogP contribution in [-0.2, 0) is 25.5 Å². The van der Waals surface area contributed by atoms with Crippen LogP contribution in [0.3, 0.4) is 0 Å². The predicted molar refractivity (Wildman–Crippen MR) is 92.6 cm³/mol. The molecule has 0 aliphatic heterocycles. The van der Waals surface area contributed by atoms with Gasteiger partial charge in [0.1, 0.15) is 12.4 Å². The van der Waals surface area contributed by atoms with Crippen LogP contribution < -0.4 is 5.73 Å². The molecule has 0 saturated carbocycles. The zero-order valence-corrected chi connectivity index (χ0v) is 14.7. The molecule has 0 aliphatic carbocycles. The summed E-state index contributed by atoms with van der Waals surface area (Å²) in [7, 11) is 1.36. The van der Waals surface area contributed by atoms with Crippen molar-refractivity contribution in [3.63, 3.8) is 0 Å². The number of methoxy groups -OCH3 is 1. The molecule has 0 aliphatic rings. The van der Waals surface area contributed by atoms with Crippen LogP contribution in [-0.4, -0.2) is 37.1 Å². The third-order valence-corrected chi connectivity index (χ3v) is 3.83. The first-order valence-electron chi connectivity index (χ1n) is 8.23. The highest BCUT2D eigenvalue weighted by atomic mass is 16.5. The average Bonchev–Trinajstić information content (AvgIpc) is 2.54. The molecular weight excluding hydrogens is 306 g/mol. The molecule has 0 saturated heterocycles. The number of ether oxygens (including phenoxy) is 1. The Kier molecular flexibility index (Phi) is 8.50. The Morgan fingerprint density at radius 3 is 2.29 bits per heavy atom. The van der Waals surface area contributed by atoms with Crippen LogP contribution in [0.15, 0.2) is 30.3 Å². The van der Waals surface area contributed by atoms with Crippen molar-refractivity contribution < 1.29 is 19.1 Å². The molecule has 1 rings (SSSR count). The monoisotopic (exact) mass is 333 g/mol. The standard InChI is InChI=1S/C19H27NO4/c1-13(2)9-16(20)17(21)11-15(19(23)18(22)12-24-3)10-14-7-5-4-6-8-14/h4-8,13,15-16H,9-12,20H2,1-3H3/t15?,16-/m0/s1. The Labute approximate surface area is 143 Å². The molecule has 0 bridgehead atoms. The molecule has 5 heteroatoms. The second-order valence-corrected chi connectivity index (χ2v) is 6.51. The first-order valence-corrected chi connectivity index (χ1v) is 8.23. The molecule has 1 aromatic carbocycles. The summed E-state index contributed by atoms with van der Waals surface area (Å²) < 4.78 is 4.75. The number of benzene rings is 1. The van der Waals surface area contributed by atoms with Gasteiger partial charge in [0, 0.05) is 19.4 Å². The van der Waals surface area contributed by atoms with Crippen molar-refractivity contribution in [1.82, 2.24) is 0 Å². The van der Waals surface area contributed by atoms with Crippen LogP contribution in [0.4, 0.5) is 0 Å². The molecule has 132 valence electrons. The lowest BCUT2D eigenvalue weighted by atomic mass is 9.86. The summed E-state index contributed by atoms with van der Waals surface area (Å²) >= 11 is 0. The lowest BCUT2D eigenvalue weighted by molar-refractivity contribution is -0.142. The van der Waals surface area contributed by atoms with E-state index >= 15 is 0 Å². The van der Waals surface area contributed by atoms with Crippen molar-refractivity contribution in [2.45, 2.75) is 39.2 Å². The highest BCUT2D eigenvalue weighted by Crippen LogP contribution is 2.17. The molecule has 5 nitrogen and oxygen atoms in total. The van der Waals surface area contributed by atoms with Crippen molar-refractivity contribution in [2.75, 3.05) is 13.7 Å². The summed E-state index contributed by atoms with van der Waals surface area (Å²) in [6.45, 7) is 3.71. The zero-order valence-electron chi connectivity index (χ0n) is 14.7. The zero-order chi connectivity index (χ0) is 18.1. The van der Waals surface area contributed by atoms with Crippen LogP contribution >= 0.6 is 0 Å². The summed E-state index contributed by atoms with van der Waals surface area (Å²) in [5.74, 6) is -1.75. The van der Waals surface area contributed by atoms with Gasteiger partial charge >= 0.3 is 0 Å². The third-order valence-electron chi connectivity index (χ3n) is 3.83. The fourth-order valence-corrected chi connectivity index (χ4v) is 2.62. The predicted octanol–water partition coefficient (Wildman–Crippen LogP) is 1.96. The Hall–Kier alpha value is -1.85. The van der Waals surface area contributed by atoms with Gasteiger partial charge in [-0.2, -0.15) is 0 Å². The lowest BCUT2D eigenvalue weighted by Crippen LogP contribution is -2.37. The lowest BCUT2D eigenvalue weighted by Gasteiger charge is -2.18. The average molecular weight is 333 g/mol. The first-order chi connectivity index (χ1) is 11.3. The van der Waals surface area contributed by atoms with E-state index in [1.807, 2.05) is 44.2 Å². The molecule has 0 spiro atoms. The number of ketones is 3. The normalized spacial score (nSPS) is 13.5. The minimum atomic E-state index is -0.694. The molecule has 0 fully saturated rings. The van der Waals surface area contributed by atoms with Gasteiger partial charge in [-0.1, -0.05) is 44.2 Å². The van der Waals surface area contributed by atoms with E-state index in [0.29, 0.717) is 18.8 Å². The van der Waals surface area contributed by atoms with E-state index in [0.717, 1.165) is 5.56 Å². The Balaban J connectivity index is 2.86. The topological polar surface area (TPSA) is 86.5 Å². The van der Waals surface area contributed by atoms with Crippen molar-refractivity contribution >= 4 is 17.3 Å². The van der Waals surface area contributed by atoms with Gasteiger partial charge in [0.05, 0.1) is 6.04 Å². The van der Waals surface area contributed by atoms with Gasteiger partial charge in [-0.3, -0.25) is 14.4 Å². The molecule has 0 aromatic heterocycles. The quantitative estimate of drug-likeness (QED) is 0.626. The summed E-state index contributed by atoms with van der Waals surface area (Å²) in [4.78, 5) is 36.6. The van der Waals surface area contributed by atoms with E-state index in [-0.39, 0.29) is 18.8 Å². The molecule has 1 aromatic rings. The van der Waals surface area contributed by atoms with Crippen LogP contribution in [0.5, 0.6) is 0 Å². The maximum absolute atomic E-state index is 12.4. The highest BCUT2D eigenvalue weighted by molar-refractivity contribution is 6.38. The Morgan fingerprint density at radius 1 is 1.12 bits per heavy atom. The van der Waals surface area contributed by atoms with E-state index in [9.17, 15) is 14.4 Å². The van der Waals surface area contributed by atoms with Crippen molar-refractivity contribution in [3.05, 3.63) is 35.9 Å². The molecule has 24 heavy (non-hydrogen) atoms. The number of hydrogen-bond acceptors (Lipinski definition) is 5. The van der Waals surface area contributed by atoms with Gasteiger partial charge < -0.3 is 10.5 Å². The number of hydrogen-bond donors (Lipinski definition) is 1. The second kappa shape index (κ2) is 10.1. The van der Waals surface area contributed by atoms with Gasteiger partial charge in [0.25, 0.3) is 0 Å². The van der Waals surface area contributed by atoms with Crippen molar-refractivity contribution in [1.29, 1.82) is 0 Å². The number of rotatable bonds is 11. The molecular formula is C19H27NO4. The molecule has 0 amide bonds. The molecule has 0 heterocycles. The SMILES string of the molecule is COCC(=O)C(=O)C(CC(=O)[C@@H](N)CC(C)C)Cc1ccccc1. The van der Waals surface area contributed by atoms with Crippen molar-refractivity contribution in [3.8, 4) is 0 Å². The highest BCUT2D eigenvalue weighted by Gasteiger charge is 2.29. The summed E-state index contributed by atoms with van der Waals surface area (Å²) in [6.07, 6.45) is 0.892. The minimum absolute atomic E-state index is 0.0168.